The number of nitriles is 1. The van der Waals surface area contributed by atoms with Crippen LogP contribution in [0.3, 0.4) is 0 Å². The van der Waals surface area contributed by atoms with Gasteiger partial charge in [0.15, 0.2) is 5.58 Å². The number of aliphatic hydroxyl groups is 1. The van der Waals surface area contributed by atoms with Crippen LogP contribution in [0.4, 0.5) is 0 Å². The number of hydrogen-bond donors (Lipinski definition) is 1. The summed E-state index contributed by atoms with van der Waals surface area (Å²) in [6.07, 6.45) is 0.586. The minimum absolute atomic E-state index is 0.0444. The molecule has 1 saturated heterocycles. The SMILES string of the molecule is CN(C(=O)Cc1ccc2oc(=O)n(Cc3cccc(C#N)c3)c2c1)[C@H](CN1CC[C@H](O)C1)c1ccccc1. The molecule has 1 aliphatic heterocycles. The van der Waals surface area contributed by atoms with Crippen LogP contribution in [0, 0.1) is 11.3 Å². The van der Waals surface area contributed by atoms with Crippen LogP contribution in [0.25, 0.3) is 11.1 Å². The molecular weight excluding hydrogens is 480 g/mol. The van der Waals surface area contributed by atoms with Gasteiger partial charge in [0.2, 0.25) is 5.91 Å². The number of carbonyl (C=O) groups excluding carboxylic acids is 1. The fourth-order valence-corrected chi connectivity index (χ4v) is 5.11. The first-order valence-electron chi connectivity index (χ1n) is 12.7. The van der Waals surface area contributed by atoms with Gasteiger partial charge in [-0.1, -0.05) is 48.5 Å². The van der Waals surface area contributed by atoms with Crippen molar-refractivity contribution in [2.24, 2.45) is 0 Å². The second kappa shape index (κ2) is 11.1. The van der Waals surface area contributed by atoms with Gasteiger partial charge >= 0.3 is 5.76 Å². The number of aliphatic hydroxyl groups excluding tert-OH is 1. The molecule has 1 amide bonds. The van der Waals surface area contributed by atoms with Gasteiger partial charge in [-0.25, -0.2) is 4.79 Å². The van der Waals surface area contributed by atoms with E-state index in [0.717, 1.165) is 29.7 Å². The quantitative estimate of drug-likeness (QED) is 0.390. The van der Waals surface area contributed by atoms with Crippen LogP contribution in [-0.4, -0.2) is 58.2 Å². The molecule has 0 aliphatic carbocycles. The number of nitrogens with zero attached hydrogens (tertiary/aromatic N) is 4. The first-order valence-corrected chi connectivity index (χ1v) is 12.7. The average molecular weight is 511 g/mol. The molecule has 1 N–H and O–H groups in total. The topological polar surface area (TPSA) is 103 Å². The first kappa shape index (κ1) is 25.5. The van der Waals surface area contributed by atoms with Crippen LogP contribution in [0.2, 0.25) is 0 Å². The molecule has 38 heavy (non-hydrogen) atoms. The number of amides is 1. The predicted octanol–water partition coefficient (Wildman–Crippen LogP) is 3.32. The Morgan fingerprint density at radius 2 is 1.95 bits per heavy atom. The van der Waals surface area contributed by atoms with Crippen molar-refractivity contribution in [3.63, 3.8) is 0 Å². The smallest absolute Gasteiger partial charge is 0.408 e. The summed E-state index contributed by atoms with van der Waals surface area (Å²) in [7, 11) is 1.82. The third-order valence-electron chi connectivity index (χ3n) is 7.21. The molecule has 5 rings (SSSR count). The van der Waals surface area contributed by atoms with E-state index in [-0.39, 0.29) is 31.0 Å². The van der Waals surface area contributed by atoms with Gasteiger partial charge in [-0.15, -0.1) is 0 Å². The van der Waals surface area contributed by atoms with E-state index in [1.54, 1.807) is 29.2 Å². The Hall–Kier alpha value is -4.19. The van der Waals surface area contributed by atoms with E-state index in [9.17, 15) is 20.0 Å². The van der Waals surface area contributed by atoms with Gasteiger partial charge in [-0.05, 0) is 47.4 Å². The van der Waals surface area contributed by atoms with Gasteiger partial charge in [0, 0.05) is 26.7 Å². The van der Waals surface area contributed by atoms with Crippen molar-refractivity contribution >= 4 is 17.0 Å². The van der Waals surface area contributed by atoms with Crippen LogP contribution < -0.4 is 5.76 Å². The maximum Gasteiger partial charge on any atom is 0.420 e. The number of β-amino-alcohol motifs (C(OH)–C–C–N with tert-alkyl or cyclic N) is 1. The molecule has 8 nitrogen and oxygen atoms in total. The van der Waals surface area contributed by atoms with Crippen molar-refractivity contribution in [2.45, 2.75) is 31.5 Å². The van der Waals surface area contributed by atoms with Crippen molar-refractivity contribution in [2.75, 3.05) is 26.7 Å². The van der Waals surface area contributed by atoms with Gasteiger partial charge < -0.3 is 14.4 Å². The van der Waals surface area contributed by atoms with Gasteiger partial charge in [0.25, 0.3) is 0 Å². The molecule has 0 bridgehead atoms. The zero-order chi connectivity index (χ0) is 26.6. The number of hydrogen-bond acceptors (Lipinski definition) is 6. The number of rotatable bonds is 8. The van der Waals surface area contributed by atoms with E-state index in [1.165, 1.54) is 4.57 Å². The highest BCUT2D eigenvalue weighted by Gasteiger charge is 2.28. The molecule has 1 fully saturated rings. The number of benzene rings is 3. The molecule has 1 aromatic heterocycles. The van der Waals surface area contributed by atoms with Gasteiger partial charge in [0.05, 0.1) is 42.3 Å². The Morgan fingerprint density at radius 3 is 2.68 bits per heavy atom. The summed E-state index contributed by atoms with van der Waals surface area (Å²) >= 11 is 0. The lowest BCUT2D eigenvalue weighted by Gasteiger charge is -2.32. The number of aromatic nitrogens is 1. The molecule has 194 valence electrons. The fraction of sp³-hybridized carbons (Fsp3) is 0.300. The van der Waals surface area contributed by atoms with E-state index >= 15 is 0 Å². The Morgan fingerprint density at radius 1 is 1.13 bits per heavy atom. The summed E-state index contributed by atoms with van der Waals surface area (Å²) in [5.74, 6) is -0.531. The summed E-state index contributed by atoms with van der Waals surface area (Å²) in [4.78, 5) is 30.1. The number of carbonyl (C=O) groups is 1. The van der Waals surface area contributed by atoms with E-state index in [4.69, 9.17) is 4.42 Å². The summed E-state index contributed by atoms with van der Waals surface area (Å²) in [6, 6.07) is 24.4. The van der Waals surface area contributed by atoms with Gasteiger partial charge in [0.1, 0.15) is 0 Å². The number of fused-ring (bicyclic) bond motifs is 1. The monoisotopic (exact) mass is 510 g/mol. The van der Waals surface area contributed by atoms with Crippen molar-refractivity contribution < 1.29 is 14.3 Å². The highest BCUT2D eigenvalue weighted by molar-refractivity contribution is 5.81. The zero-order valence-corrected chi connectivity index (χ0v) is 21.3. The zero-order valence-electron chi connectivity index (χ0n) is 21.3. The summed E-state index contributed by atoms with van der Waals surface area (Å²) in [6.45, 7) is 2.32. The maximum absolute atomic E-state index is 13.5. The molecular formula is C30H30N4O4. The molecule has 0 radical (unpaired) electrons. The molecule has 8 heteroatoms. The summed E-state index contributed by atoms with van der Waals surface area (Å²) in [5, 5.41) is 19.2. The van der Waals surface area contributed by atoms with Crippen molar-refractivity contribution in [1.29, 1.82) is 5.26 Å². The Balaban J connectivity index is 1.37. The lowest BCUT2D eigenvalue weighted by atomic mass is 10.0. The second-order valence-corrected chi connectivity index (χ2v) is 9.88. The molecule has 0 spiro atoms. The molecule has 0 unspecified atom stereocenters. The Labute approximate surface area is 220 Å². The number of likely N-dealkylation sites (tertiary alicyclic amines) is 1. The van der Waals surface area contributed by atoms with Crippen molar-refractivity contribution in [3.8, 4) is 6.07 Å². The number of oxazole rings is 1. The fourth-order valence-electron chi connectivity index (χ4n) is 5.11. The molecule has 2 heterocycles. The van der Waals surface area contributed by atoms with Crippen molar-refractivity contribution in [3.05, 3.63) is 106 Å². The van der Waals surface area contributed by atoms with Crippen LogP contribution in [-0.2, 0) is 17.8 Å². The molecule has 2 atom stereocenters. The van der Waals surface area contributed by atoms with Gasteiger partial charge in [-0.3, -0.25) is 14.3 Å². The lowest BCUT2D eigenvalue weighted by molar-refractivity contribution is -0.131. The number of likely N-dealkylation sites (N-methyl/N-ethyl adjacent to an activating group) is 1. The van der Waals surface area contributed by atoms with Crippen LogP contribution in [0.1, 0.15) is 34.7 Å². The Bertz CT molecular complexity index is 1540. The molecule has 4 aromatic rings. The van der Waals surface area contributed by atoms with Crippen LogP contribution >= 0.6 is 0 Å². The van der Waals surface area contributed by atoms with E-state index in [0.29, 0.717) is 29.8 Å². The molecule has 0 saturated carbocycles. The average Bonchev–Trinajstić information content (AvgIpc) is 3.49. The van der Waals surface area contributed by atoms with E-state index in [1.807, 2.05) is 55.6 Å². The largest absolute Gasteiger partial charge is 0.420 e. The third-order valence-corrected chi connectivity index (χ3v) is 7.21. The van der Waals surface area contributed by atoms with E-state index in [2.05, 4.69) is 11.0 Å². The van der Waals surface area contributed by atoms with Gasteiger partial charge in [-0.2, -0.15) is 5.26 Å². The first-order chi connectivity index (χ1) is 18.4. The highest BCUT2D eigenvalue weighted by atomic mass is 16.4. The Kier molecular flexibility index (Phi) is 7.40. The molecule has 1 aliphatic rings. The van der Waals surface area contributed by atoms with Crippen LogP contribution in [0.15, 0.2) is 82.0 Å². The minimum Gasteiger partial charge on any atom is -0.408 e. The predicted molar refractivity (Wildman–Crippen MR) is 143 cm³/mol. The summed E-state index contributed by atoms with van der Waals surface area (Å²) < 4.78 is 6.96. The third kappa shape index (κ3) is 5.54. The van der Waals surface area contributed by atoms with Crippen molar-refractivity contribution in [1.82, 2.24) is 14.4 Å². The lowest BCUT2D eigenvalue weighted by Crippen LogP contribution is -2.39. The highest BCUT2D eigenvalue weighted by Crippen LogP contribution is 2.25. The molecule has 3 aromatic carbocycles. The standard InChI is InChI=1S/C30H30N4O4/c1-32(27(24-8-3-2-4-9-24)20-33-13-12-25(35)19-33)29(36)16-21-10-11-28-26(15-21)34(30(37)38-28)18-23-7-5-6-22(14-23)17-31/h2-11,14-15,25,27,35H,12-13,16,18-20H2,1H3/t25-,27+/m0/s1. The van der Waals surface area contributed by atoms with E-state index < -0.39 is 5.76 Å². The minimum atomic E-state index is -0.486. The normalized spacial score (nSPS) is 16.4. The summed E-state index contributed by atoms with van der Waals surface area (Å²) in [5.41, 5.74) is 4.21. The maximum atomic E-state index is 13.5. The van der Waals surface area contributed by atoms with Crippen LogP contribution in [0.5, 0.6) is 0 Å². The second-order valence-electron chi connectivity index (χ2n) is 9.88.